The highest BCUT2D eigenvalue weighted by Crippen LogP contribution is 2.10. The second kappa shape index (κ2) is 6.36. The first-order valence-corrected chi connectivity index (χ1v) is 6.25. The molecule has 1 N–H and O–H groups in total. The topological polar surface area (TPSA) is 97.4 Å². The Labute approximate surface area is 117 Å². The molecule has 8 nitrogen and oxygen atoms in total. The van der Waals surface area contributed by atoms with Crippen molar-refractivity contribution in [3.05, 3.63) is 11.6 Å². The van der Waals surface area contributed by atoms with E-state index in [1.165, 1.54) is 4.90 Å². The molecule has 1 rings (SSSR count). The summed E-state index contributed by atoms with van der Waals surface area (Å²) in [5.74, 6) is -0.188. The van der Waals surface area contributed by atoms with E-state index < -0.39 is 17.7 Å². The molecule has 1 amide bonds. The van der Waals surface area contributed by atoms with Gasteiger partial charge < -0.3 is 19.4 Å². The Balaban J connectivity index is 2.60. The van der Waals surface area contributed by atoms with E-state index in [-0.39, 0.29) is 19.0 Å². The van der Waals surface area contributed by atoms with E-state index in [9.17, 15) is 9.59 Å². The Hall–Kier alpha value is -2.12. The van der Waals surface area contributed by atoms with Gasteiger partial charge >= 0.3 is 12.1 Å². The van der Waals surface area contributed by atoms with Gasteiger partial charge in [0, 0.05) is 7.05 Å². The van der Waals surface area contributed by atoms with Crippen LogP contribution in [-0.2, 0) is 16.0 Å². The third kappa shape index (κ3) is 4.87. The van der Waals surface area contributed by atoms with Crippen molar-refractivity contribution in [2.24, 2.45) is 0 Å². The molecule has 8 heteroatoms. The number of aromatic amines is 1. The normalized spacial score (nSPS) is 11.1. The number of amides is 1. The Kier molecular flexibility index (Phi) is 5.06. The van der Waals surface area contributed by atoms with Crippen molar-refractivity contribution in [1.82, 2.24) is 20.1 Å². The van der Waals surface area contributed by atoms with Crippen LogP contribution in [0.4, 0.5) is 4.79 Å². The molecule has 0 aliphatic heterocycles. The van der Waals surface area contributed by atoms with Crippen LogP contribution in [-0.4, -0.2) is 51.4 Å². The van der Waals surface area contributed by atoms with Crippen LogP contribution in [0.25, 0.3) is 0 Å². The van der Waals surface area contributed by atoms with E-state index in [4.69, 9.17) is 9.47 Å². The summed E-state index contributed by atoms with van der Waals surface area (Å²) in [4.78, 5) is 27.2. The van der Waals surface area contributed by atoms with Gasteiger partial charge in [-0.2, -0.15) is 0 Å². The van der Waals surface area contributed by atoms with Crippen molar-refractivity contribution in [2.75, 3.05) is 13.7 Å². The Morgan fingerprint density at radius 2 is 1.95 bits per heavy atom. The quantitative estimate of drug-likeness (QED) is 0.838. The molecule has 0 saturated carbocycles. The van der Waals surface area contributed by atoms with Crippen molar-refractivity contribution in [2.45, 2.75) is 39.8 Å². The highest BCUT2D eigenvalue weighted by atomic mass is 16.6. The zero-order chi connectivity index (χ0) is 15.3. The van der Waals surface area contributed by atoms with Crippen LogP contribution in [0, 0.1) is 0 Å². The van der Waals surface area contributed by atoms with Gasteiger partial charge in [0.25, 0.3) is 0 Å². The maximum absolute atomic E-state index is 11.8. The number of H-pyrrole nitrogens is 1. The summed E-state index contributed by atoms with van der Waals surface area (Å²) in [6, 6.07) is 0. The van der Waals surface area contributed by atoms with Crippen molar-refractivity contribution < 1.29 is 19.1 Å². The second-order valence-corrected chi connectivity index (χ2v) is 5.18. The van der Waals surface area contributed by atoms with Gasteiger partial charge in [0.15, 0.2) is 5.82 Å². The molecule has 0 aliphatic rings. The third-order valence-electron chi connectivity index (χ3n) is 2.09. The zero-order valence-electron chi connectivity index (χ0n) is 12.4. The van der Waals surface area contributed by atoms with Gasteiger partial charge in [-0.1, -0.05) is 0 Å². The Morgan fingerprint density at radius 1 is 1.30 bits per heavy atom. The lowest BCUT2D eigenvalue weighted by atomic mass is 10.2. The van der Waals surface area contributed by atoms with Crippen molar-refractivity contribution in [3.63, 3.8) is 0 Å². The van der Waals surface area contributed by atoms with Gasteiger partial charge in [-0.25, -0.2) is 9.59 Å². The summed E-state index contributed by atoms with van der Waals surface area (Å²) < 4.78 is 9.98. The number of carbonyl (C=O) groups is 2. The largest absolute Gasteiger partial charge is 0.460 e. The molecule has 0 spiro atoms. The molecular formula is C12H20N4O4. The van der Waals surface area contributed by atoms with Crippen LogP contribution in [0.5, 0.6) is 0 Å². The van der Waals surface area contributed by atoms with E-state index >= 15 is 0 Å². The van der Waals surface area contributed by atoms with Crippen molar-refractivity contribution >= 4 is 12.1 Å². The second-order valence-electron chi connectivity index (χ2n) is 5.18. The Morgan fingerprint density at radius 3 is 2.50 bits per heavy atom. The van der Waals surface area contributed by atoms with Gasteiger partial charge in [0.05, 0.1) is 13.2 Å². The van der Waals surface area contributed by atoms with Crippen LogP contribution in [0.3, 0.4) is 0 Å². The number of ether oxygens (including phenoxy) is 2. The number of esters is 1. The van der Waals surface area contributed by atoms with Gasteiger partial charge in [-0.3, -0.25) is 0 Å². The molecule has 0 radical (unpaired) electrons. The molecule has 0 bridgehead atoms. The van der Waals surface area contributed by atoms with Crippen molar-refractivity contribution in [1.29, 1.82) is 0 Å². The standard InChI is InChI=1S/C12H20N4O4/c1-6-19-10(17)9-13-8(14-15-9)7-16(5)11(18)20-12(2,3)4/h6-7H2,1-5H3,(H,13,14,15). The highest BCUT2D eigenvalue weighted by Gasteiger charge is 2.21. The molecule has 0 atom stereocenters. The maximum atomic E-state index is 11.8. The number of rotatable bonds is 4. The summed E-state index contributed by atoms with van der Waals surface area (Å²) in [7, 11) is 1.57. The average Bonchev–Trinajstić information content (AvgIpc) is 2.75. The van der Waals surface area contributed by atoms with Crippen LogP contribution >= 0.6 is 0 Å². The van der Waals surface area contributed by atoms with Gasteiger partial charge in [0.2, 0.25) is 5.82 Å². The minimum absolute atomic E-state index is 0.0134. The summed E-state index contributed by atoms with van der Waals surface area (Å²) >= 11 is 0. The van der Waals surface area contributed by atoms with E-state index in [1.54, 1.807) is 34.7 Å². The highest BCUT2D eigenvalue weighted by molar-refractivity contribution is 5.84. The molecule has 0 unspecified atom stereocenters. The lowest BCUT2D eigenvalue weighted by molar-refractivity contribution is 0.0281. The van der Waals surface area contributed by atoms with Crippen LogP contribution in [0.15, 0.2) is 0 Å². The van der Waals surface area contributed by atoms with Gasteiger partial charge in [-0.15, -0.1) is 10.2 Å². The summed E-state index contributed by atoms with van der Waals surface area (Å²) in [5, 5.41) is 7.45. The number of hydrogen-bond donors (Lipinski definition) is 1. The lowest BCUT2D eigenvalue weighted by Crippen LogP contribution is -2.34. The molecular weight excluding hydrogens is 264 g/mol. The van der Waals surface area contributed by atoms with Gasteiger partial charge in [-0.05, 0) is 27.7 Å². The number of aromatic nitrogens is 3. The van der Waals surface area contributed by atoms with Crippen LogP contribution in [0.2, 0.25) is 0 Å². The number of hydrogen-bond acceptors (Lipinski definition) is 6. The maximum Gasteiger partial charge on any atom is 0.410 e. The first-order chi connectivity index (χ1) is 9.23. The average molecular weight is 284 g/mol. The molecule has 0 fully saturated rings. The summed E-state index contributed by atoms with van der Waals surface area (Å²) in [5.41, 5.74) is -0.567. The molecule has 20 heavy (non-hydrogen) atoms. The lowest BCUT2D eigenvalue weighted by Gasteiger charge is -2.23. The molecule has 1 aromatic heterocycles. The smallest absolute Gasteiger partial charge is 0.410 e. The molecule has 1 aromatic rings. The Bertz CT molecular complexity index is 478. The third-order valence-corrected chi connectivity index (χ3v) is 2.09. The predicted octanol–water partition coefficient (Wildman–Crippen LogP) is 1.35. The van der Waals surface area contributed by atoms with E-state index in [0.29, 0.717) is 5.82 Å². The number of nitrogens with one attached hydrogen (secondary N) is 1. The number of carbonyl (C=O) groups excluding carboxylic acids is 2. The fourth-order valence-electron chi connectivity index (χ4n) is 1.29. The first-order valence-electron chi connectivity index (χ1n) is 6.25. The predicted molar refractivity (Wildman–Crippen MR) is 70.0 cm³/mol. The minimum atomic E-state index is -0.578. The summed E-state index contributed by atoms with van der Waals surface area (Å²) in [6.45, 7) is 7.46. The first kappa shape index (κ1) is 15.9. The monoisotopic (exact) mass is 284 g/mol. The van der Waals surface area contributed by atoms with Gasteiger partial charge in [0.1, 0.15) is 5.60 Å². The van der Waals surface area contributed by atoms with E-state index in [2.05, 4.69) is 15.2 Å². The fraction of sp³-hybridized carbons (Fsp3) is 0.667. The molecule has 0 aromatic carbocycles. The number of nitrogens with zero attached hydrogens (tertiary/aromatic N) is 3. The zero-order valence-corrected chi connectivity index (χ0v) is 12.4. The van der Waals surface area contributed by atoms with E-state index in [0.717, 1.165) is 0 Å². The van der Waals surface area contributed by atoms with Crippen LogP contribution < -0.4 is 0 Å². The SMILES string of the molecule is CCOC(=O)c1nnc(CN(C)C(=O)OC(C)(C)C)[nH]1. The minimum Gasteiger partial charge on any atom is -0.460 e. The summed E-state index contributed by atoms with van der Waals surface area (Å²) in [6.07, 6.45) is -0.480. The van der Waals surface area contributed by atoms with Crippen LogP contribution in [0.1, 0.15) is 44.1 Å². The molecule has 1 heterocycles. The molecule has 0 saturated heterocycles. The van der Waals surface area contributed by atoms with Crippen molar-refractivity contribution in [3.8, 4) is 0 Å². The van der Waals surface area contributed by atoms with E-state index in [1.807, 2.05) is 0 Å². The molecule has 0 aliphatic carbocycles. The molecule has 112 valence electrons. The fourth-order valence-corrected chi connectivity index (χ4v) is 1.29.